The second-order valence-electron chi connectivity index (χ2n) is 5.64. The monoisotopic (exact) mass is 244 g/mol. The van der Waals surface area contributed by atoms with Crippen molar-refractivity contribution in [2.45, 2.75) is 45.3 Å². The van der Waals surface area contributed by atoms with Gasteiger partial charge in [0.25, 0.3) is 0 Å². The molecule has 2 amide bonds. The van der Waals surface area contributed by atoms with E-state index in [0.717, 1.165) is 6.42 Å². The number of carboxylic acid groups (broad SMARTS) is 1. The lowest BCUT2D eigenvalue weighted by atomic mass is 10.0. The summed E-state index contributed by atoms with van der Waals surface area (Å²) >= 11 is 0. The van der Waals surface area contributed by atoms with Crippen molar-refractivity contribution in [1.82, 2.24) is 10.6 Å². The van der Waals surface area contributed by atoms with Crippen molar-refractivity contribution in [3.05, 3.63) is 0 Å². The molecule has 2 atom stereocenters. The molecule has 1 aliphatic carbocycles. The van der Waals surface area contributed by atoms with Gasteiger partial charge in [-0.3, -0.25) is 4.79 Å². The molecule has 1 rings (SSSR count). The lowest BCUT2D eigenvalue weighted by Crippen LogP contribution is -2.46. The summed E-state index contributed by atoms with van der Waals surface area (Å²) in [5, 5.41) is 23.4. The van der Waals surface area contributed by atoms with E-state index < -0.39 is 18.0 Å². The van der Waals surface area contributed by atoms with Crippen LogP contribution in [0, 0.1) is 5.41 Å². The van der Waals surface area contributed by atoms with Crippen molar-refractivity contribution in [2.75, 3.05) is 6.54 Å². The van der Waals surface area contributed by atoms with Gasteiger partial charge in [0.05, 0.1) is 12.0 Å². The summed E-state index contributed by atoms with van der Waals surface area (Å²) in [6, 6.07) is -0.210. The van der Waals surface area contributed by atoms with Gasteiger partial charge in [-0.15, -0.1) is 0 Å². The predicted octanol–water partition coefficient (Wildman–Crippen LogP) is 0.310. The molecule has 0 aromatic rings. The molecule has 1 saturated carbocycles. The van der Waals surface area contributed by atoms with E-state index >= 15 is 0 Å². The molecule has 1 aliphatic rings. The molecule has 6 heteroatoms. The first-order valence-electron chi connectivity index (χ1n) is 5.61. The van der Waals surface area contributed by atoms with E-state index in [2.05, 4.69) is 24.5 Å². The minimum Gasteiger partial charge on any atom is -0.481 e. The molecule has 4 N–H and O–H groups in total. The van der Waals surface area contributed by atoms with Gasteiger partial charge in [-0.2, -0.15) is 0 Å². The van der Waals surface area contributed by atoms with E-state index in [1.807, 2.05) is 0 Å². The Bertz CT molecular complexity index is 325. The zero-order chi connectivity index (χ0) is 13.3. The second-order valence-corrected chi connectivity index (χ2v) is 5.64. The Morgan fingerprint density at radius 3 is 2.41 bits per heavy atom. The van der Waals surface area contributed by atoms with Crippen LogP contribution in [0.5, 0.6) is 0 Å². The fraction of sp³-hybridized carbons (Fsp3) is 0.818. The van der Waals surface area contributed by atoms with Gasteiger partial charge in [0, 0.05) is 12.6 Å². The van der Waals surface area contributed by atoms with Gasteiger partial charge in [-0.25, -0.2) is 4.79 Å². The van der Waals surface area contributed by atoms with E-state index in [1.165, 1.54) is 6.92 Å². The van der Waals surface area contributed by atoms with Gasteiger partial charge in [0.2, 0.25) is 0 Å². The minimum atomic E-state index is -1.43. The first-order chi connectivity index (χ1) is 7.62. The smallest absolute Gasteiger partial charge is 0.315 e. The van der Waals surface area contributed by atoms with Gasteiger partial charge in [0.1, 0.15) is 0 Å². The summed E-state index contributed by atoms with van der Waals surface area (Å²) in [4.78, 5) is 21.9. The zero-order valence-corrected chi connectivity index (χ0v) is 10.4. The van der Waals surface area contributed by atoms with Crippen LogP contribution in [0.4, 0.5) is 4.79 Å². The maximum atomic E-state index is 11.4. The molecule has 0 bridgehead atoms. The molecule has 0 aromatic heterocycles. The number of nitrogens with one attached hydrogen (secondary N) is 2. The van der Waals surface area contributed by atoms with Crippen LogP contribution in [0.3, 0.4) is 0 Å². The number of carbonyl (C=O) groups excluding carboxylic acids is 1. The fourth-order valence-corrected chi connectivity index (χ4v) is 1.58. The molecule has 6 nitrogen and oxygen atoms in total. The van der Waals surface area contributed by atoms with Crippen molar-refractivity contribution >= 4 is 12.0 Å². The molecule has 98 valence electrons. The van der Waals surface area contributed by atoms with Gasteiger partial charge >= 0.3 is 12.0 Å². The van der Waals surface area contributed by atoms with Crippen LogP contribution in [0.2, 0.25) is 0 Å². The maximum Gasteiger partial charge on any atom is 0.315 e. The Morgan fingerprint density at radius 2 is 2.00 bits per heavy atom. The van der Waals surface area contributed by atoms with Crippen LogP contribution in [0.15, 0.2) is 0 Å². The number of amides is 2. The maximum absolute atomic E-state index is 11.4. The van der Waals surface area contributed by atoms with E-state index in [4.69, 9.17) is 5.11 Å². The van der Waals surface area contributed by atoms with Crippen molar-refractivity contribution in [1.29, 1.82) is 0 Å². The summed E-state index contributed by atoms with van der Waals surface area (Å²) in [5.74, 6) is -1.10. The number of urea groups is 1. The largest absolute Gasteiger partial charge is 0.481 e. The summed E-state index contributed by atoms with van der Waals surface area (Å²) in [6.45, 7) is 5.40. The highest BCUT2D eigenvalue weighted by atomic mass is 16.4. The standard InChI is InChI=1S/C11H20N2O4/c1-10(2)4-7(10)13-9(16)12-6-11(3,17)5-8(14)15/h7,17H,4-6H2,1-3H3,(H,14,15)(H2,12,13,16). The molecule has 1 fully saturated rings. The van der Waals surface area contributed by atoms with E-state index in [9.17, 15) is 14.7 Å². The van der Waals surface area contributed by atoms with Crippen molar-refractivity contribution in [3.8, 4) is 0 Å². The lowest BCUT2D eigenvalue weighted by molar-refractivity contribution is -0.141. The van der Waals surface area contributed by atoms with Crippen molar-refractivity contribution < 1.29 is 19.8 Å². The zero-order valence-electron chi connectivity index (χ0n) is 10.4. The number of hydrogen-bond acceptors (Lipinski definition) is 3. The predicted molar refractivity (Wildman–Crippen MR) is 61.6 cm³/mol. The number of carboxylic acids is 1. The van der Waals surface area contributed by atoms with Crippen LogP contribution in [-0.2, 0) is 4.79 Å². The first-order valence-corrected chi connectivity index (χ1v) is 5.61. The number of aliphatic carboxylic acids is 1. The van der Waals surface area contributed by atoms with Gasteiger partial charge < -0.3 is 20.8 Å². The second kappa shape index (κ2) is 4.52. The molecule has 0 aromatic carbocycles. The van der Waals surface area contributed by atoms with Crippen molar-refractivity contribution in [2.24, 2.45) is 5.41 Å². The third-order valence-electron chi connectivity index (χ3n) is 2.98. The normalized spacial score (nSPS) is 24.6. The topological polar surface area (TPSA) is 98.7 Å². The summed E-state index contributed by atoms with van der Waals surface area (Å²) in [6.07, 6.45) is 0.536. The Balaban J connectivity index is 2.26. The number of hydrogen-bond donors (Lipinski definition) is 4. The Labute approximate surface area is 100 Å². The van der Waals surface area contributed by atoms with Gasteiger partial charge in [-0.1, -0.05) is 13.8 Å². The Hall–Kier alpha value is -1.30. The summed E-state index contributed by atoms with van der Waals surface area (Å²) < 4.78 is 0. The van der Waals surface area contributed by atoms with E-state index in [1.54, 1.807) is 0 Å². The third-order valence-corrected chi connectivity index (χ3v) is 2.98. The van der Waals surface area contributed by atoms with Gasteiger partial charge in [-0.05, 0) is 18.8 Å². The van der Waals surface area contributed by atoms with Crippen LogP contribution < -0.4 is 10.6 Å². The molecular formula is C11H20N2O4. The minimum absolute atomic E-state index is 0.0850. The summed E-state index contributed by atoms with van der Waals surface area (Å²) in [7, 11) is 0. The van der Waals surface area contributed by atoms with Crippen LogP contribution in [0.25, 0.3) is 0 Å². The van der Waals surface area contributed by atoms with E-state index in [-0.39, 0.29) is 24.0 Å². The quantitative estimate of drug-likeness (QED) is 0.559. The molecule has 0 saturated heterocycles. The van der Waals surface area contributed by atoms with Crippen LogP contribution in [0.1, 0.15) is 33.6 Å². The molecule has 17 heavy (non-hydrogen) atoms. The molecule has 0 spiro atoms. The fourth-order valence-electron chi connectivity index (χ4n) is 1.58. The van der Waals surface area contributed by atoms with E-state index in [0.29, 0.717) is 0 Å². The lowest BCUT2D eigenvalue weighted by Gasteiger charge is -2.21. The highest BCUT2D eigenvalue weighted by Gasteiger charge is 2.46. The van der Waals surface area contributed by atoms with Crippen LogP contribution in [-0.4, -0.2) is 40.4 Å². The highest BCUT2D eigenvalue weighted by Crippen LogP contribution is 2.44. The Kier molecular flexibility index (Phi) is 3.66. The first kappa shape index (κ1) is 13.8. The van der Waals surface area contributed by atoms with Crippen LogP contribution >= 0.6 is 0 Å². The number of rotatable bonds is 5. The number of carbonyl (C=O) groups is 2. The third kappa shape index (κ3) is 4.60. The summed E-state index contributed by atoms with van der Waals surface area (Å²) in [5.41, 5.74) is -1.29. The molecular weight excluding hydrogens is 224 g/mol. The molecule has 0 heterocycles. The molecule has 2 unspecified atom stereocenters. The highest BCUT2D eigenvalue weighted by molar-refractivity contribution is 5.75. The molecule has 0 aliphatic heterocycles. The Morgan fingerprint density at radius 1 is 1.47 bits per heavy atom. The SMILES string of the molecule is CC(O)(CNC(=O)NC1CC1(C)C)CC(=O)O. The average molecular weight is 244 g/mol. The molecule has 0 radical (unpaired) electrons. The van der Waals surface area contributed by atoms with Gasteiger partial charge in [0.15, 0.2) is 0 Å². The number of aliphatic hydroxyl groups is 1. The van der Waals surface area contributed by atoms with Crippen molar-refractivity contribution in [3.63, 3.8) is 0 Å². The average Bonchev–Trinajstić information content (AvgIpc) is 2.68.